The Hall–Kier alpha value is -0.180. The minimum atomic E-state index is 0.209. The summed E-state index contributed by atoms with van der Waals surface area (Å²) in [6.45, 7) is 1.94. The summed E-state index contributed by atoms with van der Waals surface area (Å²) in [6.07, 6.45) is 8.06. The maximum atomic E-state index is 11.4. The molecule has 1 heterocycles. The maximum absolute atomic E-state index is 11.4. The van der Waals surface area contributed by atoms with Crippen LogP contribution in [0.15, 0.2) is 0 Å². The number of piperidine rings is 1. The van der Waals surface area contributed by atoms with Gasteiger partial charge >= 0.3 is 0 Å². The number of likely N-dealkylation sites (tertiary alicyclic amines) is 1. The predicted octanol–water partition coefficient (Wildman–Crippen LogP) is 2.10. The zero-order chi connectivity index (χ0) is 10.0. The predicted molar refractivity (Wildman–Crippen MR) is 60.6 cm³/mol. The summed E-state index contributed by atoms with van der Waals surface area (Å²) in [4.78, 5) is 13.4. The highest BCUT2D eigenvalue weighted by Crippen LogP contribution is 2.46. The monoisotopic (exact) mass is 213 g/mol. The van der Waals surface area contributed by atoms with Crippen molar-refractivity contribution in [1.29, 1.82) is 0 Å². The van der Waals surface area contributed by atoms with Crippen LogP contribution < -0.4 is 0 Å². The second-order valence-electron chi connectivity index (χ2n) is 4.75. The molecule has 0 aromatic carbocycles. The number of amides is 1. The summed E-state index contributed by atoms with van der Waals surface area (Å²) in [5.41, 5.74) is 0.618. The third kappa shape index (κ3) is 1.92. The first-order valence-electron chi connectivity index (χ1n) is 5.64. The van der Waals surface area contributed by atoms with Crippen LogP contribution in [0.5, 0.6) is 0 Å². The Balaban J connectivity index is 1.88. The van der Waals surface area contributed by atoms with Gasteiger partial charge in [-0.15, -0.1) is 0 Å². The van der Waals surface area contributed by atoms with Crippen LogP contribution in [0.25, 0.3) is 0 Å². The highest BCUT2D eigenvalue weighted by molar-refractivity contribution is 7.81. The molecule has 3 heteroatoms. The lowest BCUT2D eigenvalue weighted by Gasteiger charge is -2.39. The van der Waals surface area contributed by atoms with Gasteiger partial charge in [-0.1, -0.05) is 12.8 Å². The first-order valence-corrected chi connectivity index (χ1v) is 6.28. The summed E-state index contributed by atoms with van der Waals surface area (Å²) >= 11 is 4.04. The summed E-state index contributed by atoms with van der Waals surface area (Å²) in [5, 5.41) is 0. The van der Waals surface area contributed by atoms with E-state index in [9.17, 15) is 4.79 Å². The molecule has 2 rings (SSSR count). The van der Waals surface area contributed by atoms with Crippen molar-refractivity contribution in [2.75, 3.05) is 18.8 Å². The van der Waals surface area contributed by atoms with Crippen molar-refractivity contribution in [2.24, 2.45) is 5.41 Å². The van der Waals surface area contributed by atoms with Crippen LogP contribution in [0.1, 0.15) is 38.5 Å². The first-order chi connectivity index (χ1) is 6.76. The first kappa shape index (κ1) is 10.3. The third-order valence-electron chi connectivity index (χ3n) is 3.98. The van der Waals surface area contributed by atoms with Crippen molar-refractivity contribution in [3.05, 3.63) is 0 Å². The summed E-state index contributed by atoms with van der Waals surface area (Å²) in [5.74, 6) is 0.577. The van der Waals surface area contributed by atoms with Crippen molar-refractivity contribution in [3.63, 3.8) is 0 Å². The minimum absolute atomic E-state index is 0.209. The third-order valence-corrected chi connectivity index (χ3v) is 4.25. The van der Waals surface area contributed by atoms with E-state index in [1.165, 1.54) is 38.5 Å². The zero-order valence-corrected chi connectivity index (χ0v) is 9.56. The molecule has 1 saturated heterocycles. The van der Waals surface area contributed by atoms with Crippen molar-refractivity contribution in [3.8, 4) is 0 Å². The van der Waals surface area contributed by atoms with Crippen LogP contribution in [0, 0.1) is 5.41 Å². The maximum Gasteiger partial charge on any atom is 0.232 e. The average Bonchev–Trinajstić information content (AvgIpc) is 2.67. The van der Waals surface area contributed by atoms with Crippen LogP contribution in [-0.4, -0.2) is 29.6 Å². The van der Waals surface area contributed by atoms with Crippen molar-refractivity contribution in [2.45, 2.75) is 38.5 Å². The van der Waals surface area contributed by atoms with E-state index in [1.54, 1.807) is 0 Å². The number of carbonyl (C=O) groups is 1. The van der Waals surface area contributed by atoms with Gasteiger partial charge in [-0.3, -0.25) is 4.79 Å². The van der Waals surface area contributed by atoms with E-state index in [1.807, 2.05) is 4.90 Å². The minimum Gasteiger partial charge on any atom is -0.342 e. The molecule has 0 aromatic rings. The van der Waals surface area contributed by atoms with Crippen LogP contribution in [0.4, 0.5) is 0 Å². The number of carbonyl (C=O) groups excluding carboxylic acids is 1. The smallest absolute Gasteiger partial charge is 0.232 e. The molecule has 0 unspecified atom stereocenters. The Labute approximate surface area is 91.5 Å². The lowest BCUT2D eigenvalue weighted by molar-refractivity contribution is -0.130. The normalized spacial score (nSPS) is 25.6. The number of nitrogens with zero attached hydrogens (tertiary/aromatic N) is 1. The molecule has 2 nitrogen and oxygen atoms in total. The number of rotatable bonds is 1. The molecule has 0 aromatic heterocycles. The Bertz CT molecular complexity index is 213. The lowest BCUT2D eigenvalue weighted by atomic mass is 9.77. The topological polar surface area (TPSA) is 20.3 Å². The fourth-order valence-electron chi connectivity index (χ4n) is 2.96. The second-order valence-corrected chi connectivity index (χ2v) is 5.06. The number of hydrogen-bond acceptors (Lipinski definition) is 2. The van der Waals surface area contributed by atoms with Gasteiger partial charge in [-0.05, 0) is 31.1 Å². The van der Waals surface area contributed by atoms with Crippen LogP contribution in [0.2, 0.25) is 0 Å². The lowest BCUT2D eigenvalue weighted by Crippen LogP contribution is -2.42. The fraction of sp³-hybridized carbons (Fsp3) is 0.909. The average molecular weight is 213 g/mol. The summed E-state index contributed by atoms with van der Waals surface area (Å²) in [6, 6.07) is 0. The standard InChI is InChI=1S/C11H19NOS/c13-10(9-14)12-7-5-11(6-8-12)3-1-2-4-11/h14H,1-9H2. The second kappa shape index (κ2) is 4.13. The molecule has 0 radical (unpaired) electrons. The largest absolute Gasteiger partial charge is 0.342 e. The SMILES string of the molecule is O=C(CS)N1CCC2(CCCC2)CC1. The van der Waals surface area contributed by atoms with Gasteiger partial charge in [0.2, 0.25) is 5.91 Å². The Morgan fingerprint density at radius 3 is 2.21 bits per heavy atom. The van der Waals surface area contributed by atoms with Crippen molar-refractivity contribution in [1.82, 2.24) is 4.90 Å². The Morgan fingerprint density at radius 1 is 1.14 bits per heavy atom. The molecule has 2 fully saturated rings. The van der Waals surface area contributed by atoms with E-state index < -0.39 is 0 Å². The van der Waals surface area contributed by atoms with Crippen LogP contribution in [-0.2, 0) is 4.79 Å². The number of thiol groups is 1. The molecule has 1 aliphatic heterocycles. The van der Waals surface area contributed by atoms with E-state index in [0.717, 1.165) is 13.1 Å². The van der Waals surface area contributed by atoms with Gasteiger partial charge in [0.25, 0.3) is 0 Å². The Kier molecular flexibility index (Phi) is 3.05. The van der Waals surface area contributed by atoms with Gasteiger partial charge in [0.05, 0.1) is 5.75 Å². The molecule has 0 N–H and O–H groups in total. The van der Waals surface area contributed by atoms with Crippen LogP contribution >= 0.6 is 12.6 Å². The quantitative estimate of drug-likeness (QED) is 0.661. The zero-order valence-electron chi connectivity index (χ0n) is 8.67. The van der Waals surface area contributed by atoms with Crippen LogP contribution in [0.3, 0.4) is 0 Å². The molecule has 14 heavy (non-hydrogen) atoms. The molecule has 1 saturated carbocycles. The number of hydrogen-bond donors (Lipinski definition) is 1. The van der Waals surface area contributed by atoms with E-state index in [4.69, 9.17) is 0 Å². The van der Waals surface area contributed by atoms with Crippen molar-refractivity contribution < 1.29 is 4.79 Å². The van der Waals surface area contributed by atoms with Gasteiger partial charge in [-0.2, -0.15) is 12.6 Å². The van der Waals surface area contributed by atoms with E-state index in [0.29, 0.717) is 11.2 Å². The molecule has 80 valence electrons. The van der Waals surface area contributed by atoms with Gasteiger partial charge in [0.1, 0.15) is 0 Å². The highest BCUT2D eigenvalue weighted by atomic mass is 32.1. The van der Waals surface area contributed by atoms with Gasteiger partial charge < -0.3 is 4.90 Å². The molecule has 1 amide bonds. The molecular weight excluding hydrogens is 194 g/mol. The van der Waals surface area contributed by atoms with E-state index in [2.05, 4.69) is 12.6 Å². The summed E-state index contributed by atoms with van der Waals surface area (Å²) in [7, 11) is 0. The highest BCUT2D eigenvalue weighted by Gasteiger charge is 2.37. The summed E-state index contributed by atoms with van der Waals surface area (Å²) < 4.78 is 0. The molecule has 2 aliphatic rings. The van der Waals surface area contributed by atoms with E-state index >= 15 is 0 Å². The van der Waals surface area contributed by atoms with Gasteiger partial charge in [0.15, 0.2) is 0 Å². The molecule has 1 spiro atoms. The van der Waals surface area contributed by atoms with Gasteiger partial charge in [-0.25, -0.2) is 0 Å². The van der Waals surface area contributed by atoms with Gasteiger partial charge in [0, 0.05) is 13.1 Å². The molecular formula is C11H19NOS. The Morgan fingerprint density at radius 2 is 1.71 bits per heavy atom. The molecule has 0 bridgehead atoms. The fourth-order valence-corrected chi connectivity index (χ4v) is 3.16. The van der Waals surface area contributed by atoms with E-state index in [-0.39, 0.29) is 5.91 Å². The van der Waals surface area contributed by atoms with Crippen molar-refractivity contribution >= 4 is 18.5 Å². The molecule has 0 atom stereocenters. The molecule has 1 aliphatic carbocycles.